The van der Waals surface area contributed by atoms with E-state index in [1.54, 1.807) is 7.11 Å². The first-order valence-corrected chi connectivity index (χ1v) is 6.93. The highest BCUT2D eigenvalue weighted by Gasteiger charge is 2.50. The van der Waals surface area contributed by atoms with Crippen LogP contribution in [0.1, 0.15) is 32.3 Å². The average Bonchev–Trinajstić information content (AvgIpc) is 3.04. The standard InChI is InChI=1S/C16H23NO2/c1-16(2)11-14(16)15(18)17-9-5-7-12-6-4-8-13(10-12)19-3/h4,6,8,10,14H,5,7,9,11H2,1-3H3,(H,17,18)/t14-/m0/s1. The summed E-state index contributed by atoms with van der Waals surface area (Å²) in [4.78, 5) is 11.8. The van der Waals surface area contributed by atoms with Gasteiger partial charge >= 0.3 is 0 Å². The zero-order valence-corrected chi connectivity index (χ0v) is 12.0. The van der Waals surface area contributed by atoms with Crippen molar-refractivity contribution in [1.82, 2.24) is 5.32 Å². The number of ether oxygens (including phenoxy) is 1. The summed E-state index contributed by atoms with van der Waals surface area (Å²) in [6.45, 7) is 5.05. The molecule has 104 valence electrons. The number of carbonyl (C=O) groups excluding carboxylic acids is 1. The fraction of sp³-hybridized carbons (Fsp3) is 0.562. The van der Waals surface area contributed by atoms with Crippen LogP contribution in [0.5, 0.6) is 5.75 Å². The molecule has 1 fully saturated rings. The number of amides is 1. The highest BCUT2D eigenvalue weighted by molar-refractivity contribution is 5.82. The molecule has 2 rings (SSSR count). The Bertz CT molecular complexity index is 454. The first-order valence-electron chi connectivity index (χ1n) is 6.93. The van der Waals surface area contributed by atoms with Crippen LogP contribution in [0.2, 0.25) is 0 Å². The van der Waals surface area contributed by atoms with Gasteiger partial charge in [0.15, 0.2) is 0 Å². The smallest absolute Gasteiger partial charge is 0.223 e. The van der Waals surface area contributed by atoms with Gasteiger partial charge in [-0.3, -0.25) is 4.79 Å². The Morgan fingerprint density at radius 2 is 2.21 bits per heavy atom. The van der Waals surface area contributed by atoms with Gasteiger partial charge in [0.05, 0.1) is 7.11 Å². The molecule has 0 heterocycles. The number of carbonyl (C=O) groups is 1. The minimum absolute atomic E-state index is 0.218. The van der Waals surface area contributed by atoms with E-state index in [-0.39, 0.29) is 17.2 Å². The molecule has 0 unspecified atom stereocenters. The summed E-state index contributed by atoms with van der Waals surface area (Å²) in [6, 6.07) is 8.08. The molecule has 19 heavy (non-hydrogen) atoms. The summed E-state index contributed by atoms with van der Waals surface area (Å²) in [5.74, 6) is 1.33. The SMILES string of the molecule is COc1cccc(CCCNC(=O)[C@@H]2CC2(C)C)c1. The van der Waals surface area contributed by atoms with E-state index in [2.05, 4.69) is 25.2 Å². The number of benzene rings is 1. The van der Waals surface area contributed by atoms with E-state index in [0.29, 0.717) is 0 Å². The summed E-state index contributed by atoms with van der Waals surface area (Å²) >= 11 is 0. The maximum atomic E-state index is 11.8. The lowest BCUT2D eigenvalue weighted by molar-refractivity contribution is -0.122. The topological polar surface area (TPSA) is 38.3 Å². The average molecular weight is 261 g/mol. The Morgan fingerprint density at radius 3 is 2.84 bits per heavy atom. The highest BCUT2D eigenvalue weighted by Crippen LogP contribution is 2.51. The van der Waals surface area contributed by atoms with Crippen LogP contribution in [0.15, 0.2) is 24.3 Å². The predicted molar refractivity (Wildman–Crippen MR) is 76.2 cm³/mol. The molecule has 1 aliphatic rings. The first kappa shape index (κ1) is 13.9. The maximum Gasteiger partial charge on any atom is 0.223 e. The molecule has 1 N–H and O–H groups in total. The van der Waals surface area contributed by atoms with Gasteiger partial charge in [-0.25, -0.2) is 0 Å². The molecular weight excluding hydrogens is 238 g/mol. The molecule has 0 bridgehead atoms. The van der Waals surface area contributed by atoms with Crippen molar-refractivity contribution < 1.29 is 9.53 Å². The Labute approximate surface area is 115 Å². The molecule has 1 saturated carbocycles. The Morgan fingerprint density at radius 1 is 1.47 bits per heavy atom. The van der Waals surface area contributed by atoms with Gasteiger partial charge in [-0.15, -0.1) is 0 Å². The predicted octanol–water partition coefficient (Wildman–Crippen LogP) is 2.79. The van der Waals surface area contributed by atoms with Crippen LogP contribution in [0.4, 0.5) is 0 Å². The highest BCUT2D eigenvalue weighted by atomic mass is 16.5. The van der Waals surface area contributed by atoms with Gasteiger partial charge in [0.2, 0.25) is 5.91 Å². The van der Waals surface area contributed by atoms with Crippen molar-refractivity contribution in [2.24, 2.45) is 11.3 Å². The first-order chi connectivity index (χ1) is 9.03. The van der Waals surface area contributed by atoms with Gasteiger partial charge in [-0.1, -0.05) is 26.0 Å². The molecule has 1 amide bonds. The molecule has 0 aliphatic heterocycles. The third-order valence-electron chi connectivity index (χ3n) is 3.91. The summed E-state index contributed by atoms with van der Waals surface area (Å²) in [7, 11) is 1.68. The van der Waals surface area contributed by atoms with Crippen LogP contribution in [-0.4, -0.2) is 19.6 Å². The lowest BCUT2D eigenvalue weighted by Crippen LogP contribution is -2.27. The largest absolute Gasteiger partial charge is 0.497 e. The van der Waals surface area contributed by atoms with E-state index in [9.17, 15) is 4.79 Å². The van der Waals surface area contributed by atoms with Gasteiger partial charge in [0.1, 0.15) is 5.75 Å². The summed E-state index contributed by atoms with van der Waals surface area (Å²) in [5.41, 5.74) is 1.47. The number of hydrogen-bond acceptors (Lipinski definition) is 2. The second-order valence-corrected chi connectivity index (χ2v) is 5.99. The molecule has 0 aromatic heterocycles. The van der Waals surface area contributed by atoms with Crippen molar-refractivity contribution >= 4 is 5.91 Å². The summed E-state index contributed by atoms with van der Waals surface area (Å²) < 4.78 is 5.19. The quantitative estimate of drug-likeness (QED) is 0.800. The van der Waals surface area contributed by atoms with E-state index < -0.39 is 0 Å². The van der Waals surface area contributed by atoms with E-state index in [1.165, 1.54) is 5.56 Å². The second-order valence-electron chi connectivity index (χ2n) is 5.99. The third-order valence-corrected chi connectivity index (χ3v) is 3.91. The summed E-state index contributed by atoms with van der Waals surface area (Å²) in [6.07, 6.45) is 2.95. The molecule has 1 aromatic rings. The van der Waals surface area contributed by atoms with Gasteiger partial charge in [0, 0.05) is 12.5 Å². The van der Waals surface area contributed by atoms with Crippen LogP contribution in [0.3, 0.4) is 0 Å². The monoisotopic (exact) mass is 261 g/mol. The fourth-order valence-corrected chi connectivity index (χ4v) is 2.37. The lowest BCUT2D eigenvalue weighted by atomic mass is 10.1. The lowest BCUT2D eigenvalue weighted by Gasteiger charge is -2.07. The van der Waals surface area contributed by atoms with Crippen LogP contribution in [-0.2, 0) is 11.2 Å². The zero-order chi connectivity index (χ0) is 13.9. The molecule has 0 saturated heterocycles. The fourth-order valence-electron chi connectivity index (χ4n) is 2.37. The number of hydrogen-bond donors (Lipinski definition) is 1. The van der Waals surface area contributed by atoms with Crippen LogP contribution in [0.25, 0.3) is 0 Å². The zero-order valence-electron chi connectivity index (χ0n) is 12.0. The van der Waals surface area contributed by atoms with Crippen molar-refractivity contribution in [3.05, 3.63) is 29.8 Å². The van der Waals surface area contributed by atoms with Crippen LogP contribution < -0.4 is 10.1 Å². The number of nitrogens with one attached hydrogen (secondary N) is 1. The van der Waals surface area contributed by atoms with Crippen molar-refractivity contribution in [1.29, 1.82) is 0 Å². The number of aryl methyl sites for hydroxylation is 1. The van der Waals surface area contributed by atoms with Crippen molar-refractivity contribution in [3.8, 4) is 5.75 Å². The molecule has 1 aromatic carbocycles. The minimum atomic E-state index is 0.218. The van der Waals surface area contributed by atoms with E-state index in [0.717, 1.165) is 31.6 Å². The van der Waals surface area contributed by atoms with Gasteiger partial charge in [0.25, 0.3) is 0 Å². The van der Waals surface area contributed by atoms with E-state index >= 15 is 0 Å². The number of rotatable bonds is 6. The molecule has 3 nitrogen and oxygen atoms in total. The Kier molecular flexibility index (Phi) is 4.13. The molecular formula is C16H23NO2. The summed E-state index contributed by atoms with van der Waals surface area (Å²) in [5, 5.41) is 3.03. The molecule has 0 radical (unpaired) electrons. The van der Waals surface area contributed by atoms with E-state index in [4.69, 9.17) is 4.74 Å². The van der Waals surface area contributed by atoms with Crippen molar-refractivity contribution in [2.75, 3.05) is 13.7 Å². The Hall–Kier alpha value is -1.51. The van der Waals surface area contributed by atoms with Crippen molar-refractivity contribution in [3.63, 3.8) is 0 Å². The minimum Gasteiger partial charge on any atom is -0.497 e. The molecule has 0 spiro atoms. The maximum absolute atomic E-state index is 11.8. The van der Waals surface area contributed by atoms with Crippen molar-refractivity contribution in [2.45, 2.75) is 33.1 Å². The van der Waals surface area contributed by atoms with Gasteiger partial charge in [-0.05, 0) is 42.4 Å². The number of methoxy groups -OCH3 is 1. The van der Waals surface area contributed by atoms with Gasteiger partial charge in [-0.2, -0.15) is 0 Å². The third kappa shape index (κ3) is 3.72. The normalized spacial score (nSPS) is 19.8. The molecule has 1 atom stereocenters. The van der Waals surface area contributed by atoms with Gasteiger partial charge < -0.3 is 10.1 Å². The second kappa shape index (κ2) is 5.64. The van der Waals surface area contributed by atoms with Crippen LogP contribution >= 0.6 is 0 Å². The molecule has 3 heteroatoms. The molecule has 1 aliphatic carbocycles. The Balaban J connectivity index is 1.68. The van der Waals surface area contributed by atoms with E-state index in [1.807, 2.05) is 18.2 Å². The van der Waals surface area contributed by atoms with Crippen LogP contribution in [0, 0.1) is 11.3 Å².